The molecule has 2 aromatic heterocycles. The van der Waals surface area contributed by atoms with Crippen molar-refractivity contribution in [2.45, 2.75) is 32.7 Å². The number of anilines is 1. The van der Waals surface area contributed by atoms with E-state index in [2.05, 4.69) is 28.2 Å². The number of nitrogens with one attached hydrogen (secondary N) is 1. The van der Waals surface area contributed by atoms with Gasteiger partial charge in [0.2, 0.25) is 17.5 Å². The average molecular weight is 371 g/mol. The van der Waals surface area contributed by atoms with Crippen molar-refractivity contribution in [1.29, 1.82) is 5.26 Å². The number of piperazine rings is 1. The smallest absolute Gasteiger partial charge is 0.266 e. The molecule has 0 unspecified atom stereocenters. The van der Waals surface area contributed by atoms with Gasteiger partial charge in [-0.3, -0.25) is 9.69 Å². The molecule has 1 amide bonds. The highest BCUT2D eigenvalue weighted by molar-refractivity contribution is 5.78. The molecule has 0 aliphatic carbocycles. The Bertz CT molecular complexity index is 785. The van der Waals surface area contributed by atoms with Crippen LogP contribution in [0.3, 0.4) is 0 Å². The quantitative estimate of drug-likeness (QED) is 0.797. The number of hydrogen-bond acceptors (Lipinski definition) is 7. The number of carbonyl (C=O) groups is 1. The van der Waals surface area contributed by atoms with Crippen molar-refractivity contribution >= 4 is 11.8 Å². The molecule has 1 fully saturated rings. The highest BCUT2D eigenvalue weighted by Gasteiger charge is 2.26. The van der Waals surface area contributed by atoms with Gasteiger partial charge < -0.3 is 19.1 Å². The van der Waals surface area contributed by atoms with E-state index < -0.39 is 0 Å². The zero-order valence-electron chi connectivity index (χ0n) is 15.8. The number of hydrogen-bond donors (Lipinski definition) is 1. The molecule has 1 N–H and O–H groups in total. The van der Waals surface area contributed by atoms with Crippen LogP contribution < -0.4 is 10.2 Å². The molecule has 8 heteroatoms. The summed E-state index contributed by atoms with van der Waals surface area (Å²) < 4.78 is 11.1. The Kier molecular flexibility index (Phi) is 6.14. The number of carbonyl (C=O) groups excluding carboxylic acids is 1. The lowest BCUT2D eigenvalue weighted by molar-refractivity contribution is -0.123. The van der Waals surface area contributed by atoms with Gasteiger partial charge in [0.05, 0.1) is 12.8 Å². The Balaban J connectivity index is 1.56. The van der Waals surface area contributed by atoms with Crippen LogP contribution in [0, 0.1) is 11.3 Å². The van der Waals surface area contributed by atoms with Gasteiger partial charge in [-0.25, -0.2) is 0 Å². The van der Waals surface area contributed by atoms with Crippen molar-refractivity contribution in [3.63, 3.8) is 0 Å². The SMILES string of the molecule is CCC[C@@H](C)NC(=O)CN1CCN(c2oc(-c3ccco3)nc2C#N)CC1. The number of amides is 1. The van der Waals surface area contributed by atoms with Gasteiger partial charge in [0.25, 0.3) is 5.89 Å². The van der Waals surface area contributed by atoms with Crippen LogP contribution in [0.15, 0.2) is 27.2 Å². The molecule has 0 bridgehead atoms. The maximum atomic E-state index is 12.1. The summed E-state index contributed by atoms with van der Waals surface area (Å²) in [7, 11) is 0. The van der Waals surface area contributed by atoms with Crippen molar-refractivity contribution < 1.29 is 13.6 Å². The number of nitrogens with zero attached hydrogens (tertiary/aromatic N) is 4. The van der Waals surface area contributed by atoms with Crippen molar-refractivity contribution in [3.05, 3.63) is 24.1 Å². The van der Waals surface area contributed by atoms with Gasteiger partial charge in [-0.05, 0) is 25.5 Å². The summed E-state index contributed by atoms with van der Waals surface area (Å²) in [6.45, 7) is 7.30. The minimum Gasteiger partial charge on any atom is -0.459 e. The van der Waals surface area contributed by atoms with E-state index in [1.54, 1.807) is 12.1 Å². The first-order chi connectivity index (χ1) is 13.1. The topological polar surface area (TPSA) is 98.5 Å². The van der Waals surface area contributed by atoms with Crippen LogP contribution in [0.25, 0.3) is 11.7 Å². The normalized spacial score (nSPS) is 16.1. The molecular formula is C19H25N5O3. The summed E-state index contributed by atoms with van der Waals surface area (Å²) >= 11 is 0. The van der Waals surface area contributed by atoms with Gasteiger partial charge in [0.15, 0.2) is 5.76 Å². The maximum Gasteiger partial charge on any atom is 0.266 e. The standard InChI is InChI=1S/C19H25N5O3/c1-3-5-14(2)21-17(25)13-23-7-9-24(10-8-23)19-15(12-20)22-18(27-19)16-6-4-11-26-16/h4,6,11,14H,3,5,7-10,13H2,1-2H3,(H,21,25)/t14-/m1/s1. The molecular weight excluding hydrogens is 346 g/mol. The van der Waals surface area contributed by atoms with E-state index in [1.165, 1.54) is 6.26 Å². The summed E-state index contributed by atoms with van der Waals surface area (Å²) in [5, 5.41) is 12.4. The molecule has 27 heavy (non-hydrogen) atoms. The van der Waals surface area contributed by atoms with Gasteiger partial charge in [0.1, 0.15) is 6.07 Å². The number of furan rings is 1. The second kappa shape index (κ2) is 8.73. The lowest BCUT2D eigenvalue weighted by atomic mass is 10.2. The Morgan fingerprint density at radius 2 is 2.19 bits per heavy atom. The van der Waals surface area contributed by atoms with E-state index >= 15 is 0 Å². The predicted octanol–water partition coefficient (Wildman–Crippen LogP) is 2.23. The van der Waals surface area contributed by atoms with E-state index in [9.17, 15) is 10.1 Å². The summed E-state index contributed by atoms with van der Waals surface area (Å²) in [6, 6.07) is 5.78. The van der Waals surface area contributed by atoms with Gasteiger partial charge in [-0.1, -0.05) is 13.3 Å². The molecule has 8 nitrogen and oxygen atoms in total. The fourth-order valence-electron chi connectivity index (χ4n) is 3.24. The lowest BCUT2D eigenvalue weighted by Crippen LogP contribution is -2.50. The van der Waals surface area contributed by atoms with Crippen molar-refractivity contribution in [1.82, 2.24) is 15.2 Å². The van der Waals surface area contributed by atoms with Crippen molar-refractivity contribution in [2.75, 3.05) is 37.6 Å². The first kappa shape index (κ1) is 19.0. The van der Waals surface area contributed by atoms with Gasteiger partial charge in [-0.2, -0.15) is 10.2 Å². The van der Waals surface area contributed by atoms with Crippen LogP contribution in [0.5, 0.6) is 0 Å². The van der Waals surface area contributed by atoms with Crippen molar-refractivity contribution in [2.24, 2.45) is 0 Å². The fraction of sp³-hybridized carbons (Fsp3) is 0.526. The number of nitriles is 1. The lowest BCUT2D eigenvalue weighted by Gasteiger charge is -2.34. The van der Waals surface area contributed by atoms with Crippen LogP contribution in [-0.4, -0.2) is 54.6 Å². The first-order valence-corrected chi connectivity index (χ1v) is 9.32. The molecule has 1 atom stereocenters. The molecule has 3 rings (SSSR count). The predicted molar refractivity (Wildman–Crippen MR) is 100 cm³/mol. The molecule has 0 aromatic carbocycles. The summed E-state index contributed by atoms with van der Waals surface area (Å²) in [5.74, 6) is 1.32. The van der Waals surface area contributed by atoms with E-state index in [4.69, 9.17) is 8.83 Å². The minimum absolute atomic E-state index is 0.0573. The second-order valence-electron chi connectivity index (χ2n) is 6.78. The average Bonchev–Trinajstić information content (AvgIpc) is 3.32. The maximum absolute atomic E-state index is 12.1. The van der Waals surface area contributed by atoms with Crippen LogP contribution >= 0.6 is 0 Å². The minimum atomic E-state index is 0.0573. The molecule has 2 aromatic rings. The molecule has 1 aliphatic rings. The molecule has 3 heterocycles. The molecule has 144 valence electrons. The second-order valence-corrected chi connectivity index (χ2v) is 6.78. The monoisotopic (exact) mass is 371 g/mol. The Labute approximate surface area is 158 Å². The summed E-state index contributed by atoms with van der Waals surface area (Å²) in [4.78, 5) is 20.5. The summed E-state index contributed by atoms with van der Waals surface area (Å²) in [5.41, 5.74) is 0.251. The zero-order valence-corrected chi connectivity index (χ0v) is 15.8. The highest BCUT2D eigenvalue weighted by atomic mass is 16.4. The van der Waals surface area contributed by atoms with Gasteiger partial charge in [0, 0.05) is 32.2 Å². The van der Waals surface area contributed by atoms with Crippen LogP contribution in [-0.2, 0) is 4.79 Å². The molecule has 1 aliphatic heterocycles. The van der Waals surface area contributed by atoms with E-state index in [-0.39, 0.29) is 17.6 Å². The Hall–Kier alpha value is -2.79. The largest absolute Gasteiger partial charge is 0.459 e. The van der Waals surface area contributed by atoms with Gasteiger partial charge >= 0.3 is 0 Å². The van der Waals surface area contributed by atoms with E-state index in [0.717, 1.165) is 25.9 Å². The van der Waals surface area contributed by atoms with Crippen LogP contribution in [0.1, 0.15) is 32.4 Å². The number of aromatic nitrogens is 1. The van der Waals surface area contributed by atoms with Crippen LogP contribution in [0.2, 0.25) is 0 Å². The third kappa shape index (κ3) is 4.68. The zero-order chi connectivity index (χ0) is 19.2. The number of rotatable bonds is 7. The Morgan fingerprint density at radius 1 is 1.41 bits per heavy atom. The first-order valence-electron chi connectivity index (χ1n) is 9.32. The fourth-order valence-corrected chi connectivity index (χ4v) is 3.24. The Morgan fingerprint density at radius 3 is 2.81 bits per heavy atom. The molecule has 0 saturated carbocycles. The summed E-state index contributed by atoms with van der Waals surface area (Å²) in [6.07, 6.45) is 3.58. The molecule has 0 spiro atoms. The van der Waals surface area contributed by atoms with Crippen molar-refractivity contribution in [3.8, 4) is 17.7 Å². The molecule has 1 saturated heterocycles. The van der Waals surface area contributed by atoms with Gasteiger partial charge in [-0.15, -0.1) is 0 Å². The third-order valence-corrected chi connectivity index (χ3v) is 4.60. The third-order valence-electron chi connectivity index (χ3n) is 4.60. The van der Waals surface area contributed by atoms with E-state index in [0.29, 0.717) is 37.2 Å². The van der Waals surface area contributed by atoms with E-state index in [1.807, 2.05) is 11.8 Å². The highest BCUT2D eigenvalue weighted by Crippen LogP contribution is 2.28. The number of oxazole rings is 1. The van der Waals surface area contributed by atoms with Crippen LogP contribution in [0.4, 0.5) is 5.88 Å². The molecule has 0 radical (unpaired) electrons.